The van der Waals surface area contributed by atoms with E-state index in [0.717, 1.165) is 19.4 Å². The smallest absolute Gasteiger partial charge is 0.0823 e. The van der Waals surface area contributed by atoms with E-state index < -0.39 is 5.60 Å². The highest BCUT2D eigenvalue weighted by Gasteiger charge is 2.36. The summed E-state index contributed by atoms with van der Waals surface area (Å²) in [5.74, 6) is 0.322. The molecule has 2 atom stereocenters. The first-order valence-corrected chi connectivity index (χ1v) is 5.12. The van der Waals surface area contributed by atoms with Gasteiger partial charge in [-0.1, -0.05) is 13.8 Å². The fourth-order valence-corrected chi connectivity index (χ4v) is 1.91. The van der Waals surface area contributed by atoms with Crippen molar-refractivity contribution in [2.24, 2.45) is 11.7 Å². The van der Waals surface area contributed by atoms with Crippen molar-refractivity contribution in [3.63, 3.8) is 0 Å². The quantitative estimate of drug-likeness (QED) is 0.675. The molecule has 0 aromatic rings. The van der Waals surface area contributed by atoms with Crippen molar-refractivity contribution in [2.45, 2.75) is 44.8 Å². The molecular formula is C10H21NO2. The molecule has 0 bridgehead atoms. The molecule has 1 fully saturated rings. The van der Waals surface area contributed by atoms with E-state index in [1.165, 1.54) is 0 Å². The Labute approximate surface area is 80.3 Å². The van der Waals surface area contributed by atoms with E-state index in [1.807, 2.05) is 13.8 Å². The molecule has 0 saturated carbocycles. The average molecular weight is 187 g/mol. The number of hydrogen-bond donors (Lipinski definition) is 2. The minimum absolute atomic E-state index is 0.130. The van der Waals surface area contributed by atoms with E-state index in [-0.39, 0.29) is 6.04 Å². The third-order valence-corrected chi connectivity index (χ3v) is 2.92. The lowest BCUT2D eigenvalue weighted by Crippen LogP contribution is -2.51. The van der Waals surface area contributed by atoms with Crippen LogP contribution in [0.2, 0.25) is 0 Å². The van der Waals surface area contributed by atoms with E-state index in [2.05, 4.69) is 0 Å². The second-order valence-electron chi connectivity index (χ2n) is 4.34. The van der Waals surface area contributed by atoms with Crippen LogP contribution in [0.3, 0.4) is 0 Å². The van der Waals surface area contributed by atoms with Gasteiger partial charge in [-0.05, 0) is 18.8 Å². The maximum atomic E-state index is 10.3. The van der Waals surface area contributed by atoms with Gasteiger partial charge in [-0.15, -0.1) is 0 Å². The van der Waals surface area contributed by atoms with Gasteiger partial charge in [-0.25, -0.2) is 0 Å². The lowest BCUT2D eigenvalue weighted by atomic mass is 9.81. The zero-order chi connectivity index (χ0) is 9.90. The van der Waals surface area contributed by atoms with Crippen molar-refractivity contribution in [3.05, 3.63) is 0 Å². The average Bonchev–Trinajstić information content (AvgIpc) is 2.29. The van der Waals surface area contributed by atoms with Crippen molar-refractivity contribution in [1.82, 2.24) is 0 Å². The summed E-state index contributed by atoms with van der Waals surface area (Å²) < 4.78 is 5.30. The molecule has 3 heteroatoms. The standard InChI is InChI=1S/C10H21NO2/c1-8(2)9(11)10(12)4-3-6-13-7-5-10/h8-9,12H,3-7,11H2,1-2H3. The summed E-state index contributed by atoms with van der Waals surface area (Å²) in [6.45, 7) is 5.49. The first-order chi connectivity index (χ1) is 6.06. The van der Waals surface area contributed by atoms with Crippen LogP contribution in [0.5, 0.6) is 0 Å². The Morgan fingerprint density at radius 1 is 1.31 bits per heavy atom. The Morgan fingerprint density at radius 3 is 2.62 bits per heavy atom. The summed E-state index contributed by atoms with van der Waals surface area (Å²) >= 11 is 0. The van der Waals surface area contributed by atoms with Gasteiger partial charge in [0.15, 0.2) is 0 Å². The van der Waals surface area contributed by atoms with E-state index >= 15 is 0 Å². The molecule has 0 aromatic carbocycles. The van der Waals surface area contributed by atoms with Crippen LogP contribution in [0.15, 0.2) is 0 Å². The normalized spacial score (nSPS) is 33.0. The molecule has 1 saturated heterocycles. The van der Waals surface area contributed by atoms with Gasteiger partial charge in [0, 0.05) is 25.7 Å². The van der Waals surface area contributed by atoms with Crippen molar-refractivity contribution >= 4 is 0 Å². The number of nitrogens with two attached hydrogens (primary N) is 1. The lowest BCUT2D eigenvalue weighted by Gasteiger charge is -2.35. The predicted octanol–water partition coefficient (Wildman–Crippen LogP) is 0.901. The van der Waals surface area contributed by atoms with E-state index in [4.69, 9.17) is 10.5 Å². The van der Waals surface area contributed by atoms with Gasteiger partial charge in [-0.3, -0.25) is 0 Å². The third kappa shape index (κ3) is 2.66. The van der Waals surface area contributed by atoms with Crippen LogP contribution < -0.4 is 5.73 Å². The molecule has 3 nitrogen and oxygen atoms in total. The largest absolute Gasteiger partial charge is 0.388 e. The number of rotatable bonds is 2. The van der Waals surface area contributed by atoms with Crippen molar-refractivity contribution < 1.29 is 9.84 Å². The van der Waals surface area contributed by atoms with Crippen LogP contribution in [0.4, 0.5) is 0 Å². The zero-order valence-electron chi connectivity index (χ0n) is 8.62. The van der Waals surface area contributed by atoms with Gasteiger partial charge < -0.3 is 15.6 Å². The van der Waals surface area contributed by atoms with E-state index in [1.54, 1.807) is 0 Å². The Hall–Kier alpha value is -0.120. The highest BCUT2D eigenvalue weighted by molar-refractivity contribution is 4.92. The van der Waals surface area contributed by atoms with Crippen LogP contribution in [0.1, 0.15) is 33.1 Å². The summed E-state index contributed by atoms with van der Waals surface area (Å²) in [5, 5.41) is 10.3. The topological polar surface area (TPSA) is 55.5 Å². The molecule has 1 rings (SSSR count). The molecule has 1 aliphatic rings. The summed E-state index contributed by atoms with van der Waals surface area (Å²) in [5.41, 5.74) is 5.29. The Balaban J connectivity index is 2.60. The van der Waals surface area contributed by atoms with E-state index in [0.29, 0.717) is 18.9 Å². The number of ether oxygens (including phenoxy) is 1. The molecule has 3 N–H and O–H groups in total. The summed E-state index contributed by atoms with van der Waals surface area (Å²) in [7, 11) is 0. The predicted molar refractivity (Wildman–Crippen MR) is 52.4 cm³/mol. The maximum Gasteiger partial charge on any atom is 0.0823 e. The first-order valence-electron chi connectivity index (χ1n) is 5.12. The molecule has 0 amide bonds. The molecule has 0 spiro atoms. The highest BCUT2D eigenvalue weighted by atomic mass is 16.5. The van der Waals surface area contributed by atoms with Crippen molar-refractivity contribution in [1.29, 1.82) is 0 Å². The van der Waals surface area contributed by atoms with Gasteiger partial charge >= 0.3 is 0 Å². The summed E-state index contributed by atoms with van der Waals surface area (Å²) in [6, 6.07) is -0.130. The SMILES string of the molecule is CC(C)C(N)C1(O)CCCOCC1. The molecule has 78 valence electrons. The van der Waals surface area contributed by atoms with Crippen molar-refractivity contribution in [3.8, 4) is 0 Å². The number of aliphatic hydroxyl groups is 1. The first kappa shape index (κ1) is 11.0. The van der Waals surface area contributed by atoms with Crippen LogP contribution in [-0.4, -0.2) is 30.0 Å². The molecular weight excluding hydrogens is 166 g/mol. The van der Waals surface area contributed by atoms with Crippen LogP contribution in [0, 0.1) is 5.92 Å². The summed E-state index contributed by atoms with van der Waals surface area (Å²) in [4.78, 5) is 0. The van der Waals surface area contributed by atoms with Crippen molar-refractivity contribution in [2.75, 3.05) is 13.2 Å². The zero-order valence-corrected chi connectivity index (χ0v) is 8.62. The minimum Gasteiger partial charge on any atom is -0.388 e. The number of hydrogen-bond acceptors (Lipinski definition) is 3. The third-order valence-electron chi connectivity index (χ3n) is 2.92. The summed E-state index contributed by atoms with van der Waals surface area (Å²) in [6.07, 6.45) is 2.36. The van der Waals surface area contributed by atoms with Gasteiger partial charge in [-0.2, -0.15) is 0 Å². The van der Waals surface area contributed by atoms with Crippen LogP contribution >= 0.6 is 0 Å². The van der Waals surface area contributed by atoms with Crippen LogP contribution in [-0.2, 0) is 4.74 Å². The fraction of sp³-hybridized carbons (Fsp3) is 1.00. The second-order valence-corrected chi connectivity index (χ2v) is 4.34. The fourth-order valence-electron chi connectivity index (χ4n) is 1.91. The van der Waals surface area contributed by atoms with E-state index in [9.17, 15) is 5.11 Å². The molecule has 1 aliphatic heterocycles. The Morgan fingerprint density at radius 2 is 2.00 bits per heavy atom. The highest BCUT2D eigenvalue weighted by Crippen LogP contribution is 2.27. The molecule has 0 aromatic heterocycles. The Bertz CT molecular complexity index is 151. The molecule has 2 unspecified atom stereocenters. The van der Waals surface area contributed by atoms with Crippen LogP contribution in [0.25, 0.3) is 0 Å². The molecule has 0 radical (unpaired) electrons. The maximum absolute atomic E-state index is 10.3. The van der Waals surface area contributed by atoms with Gasteiger partial charge in [0.25, 0.3) is 0 Å². The molecule has 13 heavy (non-hydrogen) atoms. The van der Waals surface area contributed by atoms with Gasteiger partial charge in [0.05, 0.1) is 5.60 Å². The molecule has 1 heterocycles. The Kier molecular flexibility index (Phi) is 3.71. The second kappa shape index (κ2) is 4.40. The van der Waals surface area contributed by atoms with Gasteiger partial charge in [0.1, 0.15) is 0 Å². The van der Waals surface area contributed by atoms with Gasteiger partial charge in [0.2, 0.25) is 0 Å². The molecule has 0 aliphatic carbocycles. The minimum atomic E-state index is -0.704. The monoisotopic (exact) mass is 187 g/mol. The lowest BCUT2D eigenvalue weighted by molar-refractivity contribution is -0.0176.